The molecule has 36 heavy (non-hydrogen) atoms. The van der Waals surface area contributed by atoms with E-state index in [4.69, 9.17) is 9.47 Å². The van der Waals surface area contributed by atoms with Crippen molar-refractivity contribution in [2.24, 2.45) is 0 Å². The molecule has 1 N–H and O–H groups in total. The third-order valence-corrected chi connectivity index (χ3v) is 7.23. The number of amides is 1. The van der Waals surface area contributed by atoms with Gasteiger partial charge in [0.1, 0.15) is 23.2 Å². The monoisotopic (exact) mass is 532 g/mol. The summed E-state index contributed by atoms with van der Waals surface area (Å²) in [6.07, 6.45) is -2.25. The fourth-order valence-corrected chi connectivity index (χ4v) is 5.05. The summed E-state index contributed by atoms with van der Waals surface area (Å²) in [6.45, 7) is 0.880. The van der Waals surface area contributed by atoms with Crippen molar-refractivity contribution in [1.29, 1.82) is 0 Å². The van der Waals surface area contributed by atoms with Crippen LogP contribution in [0.5, 0.6) is 11.6 Å². The minimum absolute atomic E-state index is 0.0623. The molecule has 196 valence electrons. The van der Waals surface area contributed by atoms with Crippen LogP contribution < -0.4 is 19.7 Å². The molecule has 9 nitrogen and oxygen atoms in total. The van der Waals surface area contributed by atoms with E-state index in [1.165, 1.54) is 17.6 Å². The Morgan fingerprint density at radius 1 is 1.19 bits per heavy atom. The number of ether oxygens (including phenoxy) is 2. The second-order valence-corrected chi connectivity index (χ2v) is 10.6. The highest BCUT2D eigenvalue weighted by atomic mass is 32.2. The molecular formula is C22H24F4N4O5S. The topological polar surface area (TPSA) is 101 Å². The summed E-state index contributed by atoms with van der Waals surface area (Å²) >= 11 is 0. The lowest BCUT2D eigenvalue weighted by Gasteiger charge is -2.41. The molecule has 1 atom stereocenters. The standard InChI is InChI=1S/C22H24F4N4O5S/c1-34-21-19(20(31)28-15-4-6-30(10-15)36(2,32)33)18(3-5-27-21)29-11-17(12-29)35-16-8-13(22(24,25)26)7-14(23)9-16/h3,5,7-9,15,17H,4,6,10-12H2,1-2H3,(H,28,31). The van der Waals surface area contributed by atoms with Gasteiger partial charge in [0.25, 0.3) is 5.91 Å². The number of carbonyl (C=O) groups excluding carboxylic acids is 1. The number of alkyl halides is 3. The zero-order chi connectivity index (χ0) is 26.3. The molecule has 2 aliphatic heterocycles. The minimum Gasteiger partial charge on any atom is -0.487 e. The molecular weight excluding hydrogens is 508 g/mol. The Bertz CT molecular complexity index is 1250. The highest BCUT2D eigenvalue weighted by molar-refractivity contribution is 7.88. The highest BCUT2D eigenvalue weighted by Gasteiger charge is 2.36. The van der Waals surface area contributed by atoms with Gasteiger partial charge < -0.3 is 19.7 Å². The maximum Gasteiger partial charge on any atom is 0.416 e. The largest absolute Gasteiger partial charge is 0.487 e. The number of rotatable bonds is 7. The van der Waals surface area contributed by atoms with E-state index in [-0.39, 0.29) is 36.8 Å². The van der Waals surface area contributed by atoms with Crippen LogP contribution in [0.1, 0.15) is 22.3 Å². The molecule has 1 aromatic heterocycles. The average Bonchev–Trinajstić information content (AvgIpc) is 3.23. The number of hydrogen-bond donors (Lipinski definition) is 1. The van der Waals surface area contributed by atoms with Gasteiger partial charge in [0.2, 0.25) is 15.9 Å². The first-order valence-electron chi connectivity index (χ1n) is 10.9. The van der Waals surface area contributed by atoms with Crippen molar-refractivity contribution >= 4 is 21.6 Å². The van der Waals surface area contributed by atoms with Crippen LogP contribution in [0.25, 0.3) is 0 Å². The molecule has 3 heterocycles. The van der Waals surface area contributed by atoms with E-state index in [2.05, 4.69) is 10.3 Å². The zero-order valence-electron chi connectivity index (χ0n) is 19.4. The number of sulfonamides is 1. The summed E-state index contributed by atoms with van der Waals surface area (Å²) in [4.78, 5) is 19.0. The van der Waals surface area contributed by atoms with Crippen molar-refractivity contribution in [1.82, 2.24) is 14.6 Å². The van der Waals surface area contributed by atoms with Crippen molar-refractivity contribution in [2.45, 2.75) is 24.7 Å². The molecule has 0 radical (unpaired) electrons. The van der Waals surface area contributed by atoms with Gasteiger partial charge in [-0.05, 0) is 24.6 Å². The zero-order valence-corrected chi connectivity index (χ0v) is 20.2. The predicted molar refractivity (Wildman–Crippen MR) is 121 cm³/mol. The Morgan fingerprint density at radius 2 is 1.92 bits per heavy atom. The van der Waals surface area contributed by atoms with Crippen molar-refractivity contribution < 1.29 is 40.2 Å². The normalized spacial score (nSPS) is 19.2. The lowest BCUT2D eigenvalue weighted by atomic mass is 10.1. The van der Waals surface area contributed by atoms with Gasteiger partial charge in [-0.2, -0.15) is 13.2 Å². The van der Waals surface area contributed by atoms with Crippen LogP contribution in [-0.4, -0.2) is 75.3 Å². The predicted octanol–water partition coefficient (Wildman–Crippen LogP) is 2.28. The second-order valence-electron chi connectivity index (χ2n) is 8.61. The highest BCUT2D eigenvalue weighted by Crippen LogP contribution is 2.35. The third kappa shape index (κ3) is 5.64. The summed E-state index contributed by atoms with van der Waals surface area (Å²) in [5.41, 5.74) is -0.540. The molecule has 0 spiro atoms. The van der Waals surface area contributed by atoms with E-state index in [1.54, 1.807) is 11.0 Å². The van der Waals surface area contributed by atoms with Crippen molar-refractivity contribution in [2.75, 3.05) is 44.4 Å². The molecule has 1 aromatic carbocycles. The number of aromatic nitrogens is 1. The smallest absolute Gasteiger partial charge is 0.416 e. The molecule has 0 bridgehead atoms. The van der Waals surface area contributed by atoms with E-state index >= 15 is 0 Å². The molecule has 2 aromatic rings. The number of nitrogens with zero attached hydrogens (tertiary/aromatic N) is 3. The van der Waals surface area contributed by atoms with Gasteiger partial charge in [0, 0.05) is 31.4 Å². The van der Waals surface area contributed by atoms with Crippen molar-refractivity contribution in [3.8, 4) is 11.6 Å². The first-order chi connectivity index (χ1) is 16.8. The number of methoxy groups -OCH3 is 1. The van der Waals surface area contributed by atoms with Crippen LogP contribution in [0.2, 0.25) is 0 Å². The van der Waals surface area contributed by atoms with Gasteiger partial charge in [-0.1, -0.05) is 0 Å². The summed E-state index contributed by atoms with van der Waals surface area (Å²) < 4.78 is 88.2. The lowest BCUT2D eigenvalue weighted by Crippen LogP contribution is -2.54. The Labute approximate surface area is 205 Å². The molecule has 14 heteroatoms. The van der Waals surface area contributed by atoms with E-state index in [9.17, 15) is 30.8 Å². The molecule has 1 amide bonds. The molecule has 2 saturated heterocycles. The maximum atomic E-state index is 13.7. The van der Waals surface area contributed by atoms with Gasteiger partial charge in [-0.15, -0.1) is 0 Å². The van der Waals surface area contributed by atoms with Gasteiger partial charge in [-0.25, -0.2) is 22.1 Å². The number of halogens is 4. The van der Waals surface area contributed by atoms with Gasteiger partial charge in [0.05, 0.1) is 37.7 Å². The van der Waals surface area contributed by atoms with Gasteiger partial charge in [0.15, 0.2) is 0 Å². The number of hydrogen-bond acceptors (Lipinski definition) is 7. The summed E-state index contributed by atoms with van der Waals surface area (Å²) in [6, 6.07) is 3.21. The van der Waals surface area contributed by atoms with Crippen LogP contribution in [0, 0.1) is 5.82 Å². The SMILES string of the molecule is COc1nccc(N2CC(Oc3cc(F)cc(C(F)(F)F)c3)C2)c1C(=O)NC1CCN(S(C)(=O)=O)C1. The van der Waals surface area contributed by atoms with Crippen LogP contribution in [-0.2, 0) is 16.2 Å². The quantitative estimate of drug-likeness (QED) is 0.546. The number of nitrogens with one attached hydrogen (secondary N) is 1. The van der Waals surface area contributed by atoms with Gasteiger partial charge >= 0.3 is 6.18 Å². The third-order valence-electron chi connectivity index (χ3n) is 5.96. The molecule has 0 aliphatic carbocycles. The molecule has 2 fully saturated rings. The van der Waals surface area contributed by atoms with E-state index in [0.717, 1.165) is 18.4 Å². The maximum absolute atomic E-state index is 13.7. The fourth-order valence-electron chi connectivity index (χ4n) is 4.17. The van der Waals surface area contributed by atoms with Crippen LogP contribution in [0.3, 0.4) is 0 Å². The Kier molecular flexibility index (Phi) is 7.01. The lowest BCUT2D eigenvalue weighted by molar-refractivity contribution is -0.137. The number of carbonyl (C=O) groups is 1. The first kappa shape index (κ1) is 25.9. The summed E-state index contributed by atoms with van der Waals surface area (Å²) in [7, 11) is -2.02. The Balaban J connectivity index is 1.45. The first-order valence-corrected chi connectivity index (χ1v) is 12.8. The van der Waals surface area contributed by atoms with Crippen LogP contribution in [0.15, 0.2) is 30.5 Å². The Morgan fingerprint density at radius 3 is 2.53 bits per heavy atom. The second kappa shape index (κ2) is 9.73. The summed E-state index contributed by atoms with van der Waals surface area (Å²) in [5.74, 6) is -1.74. The number of pyridine rings is 1. The molecule has 4 rings (SSSR count). The minimum atomic E-state index is -4.71. The van der Waals surface area contributed by atoms with E-state index < -0.39 is 45.6 Å². The van der Waals surface area contributed by atoms with E-state index in [0.29, 0.717) is 24.7 Å². The summed E-state index contributed by atoms with van der Waals surface area (Å²) in [5, 5.41) is 2.82. The molecule has 1 unspecified atom stereocenters. The fraction of sp³-hybridized carbons (Fsp3) is 0.455. The molecule has 0 saturated carbocycles. The Hall–Kier alpha value is -3.13. The van der Waals surface area contributed by atoms with Gasteiger partial charge in [-0.3, -0.25) is 4.79 Å². The van der Waals surface area contributed by atoms with Crippen LogP contribution in [0.4, 0.5) is 23.2 Å². The number of benzene rings is 1. The van der Waals surface area contributed by atoms with Crippen molar-refractivity contribution in [3.05, 3.63) is 47.4 Å². The average molecular weight is 533 g/mol. The molecule has 2 aliphatic rings. The van der Waals surface area contributed by atoms with Crippen LogP contribution >= 0.6 is 0 Å². The van der Waals surface area contributed by atoms with E-state index in [1.807, 2.05) is 0 Å². The number of anilines is 1. The van der Waals surface area contributed by atoms with Crippen molar-refractivity contribution in [3.63, 3.8) is 0 Å².